The van der Waals surface area contributed by atoms with Crippen LogP contribution in [0.5, 0.6) is 0 Å². The Kier molecular flexibility index (Phi) is 4.79. The van der Waals surface area contributed by atoms with Crippen LogP contribution in [-0.2, 0) is 11.3 Å². The molecule has 2 aromatic carbocycles. The molecule has 2 fully saturated rings. The van der Waals surface area contributed by atoms with Gasteiger partial charge in [0.2, 0.25) is 5.91 Å². The molecule has 28 heavy (non-hydrogen) atoms. The summed E-state index contributed by atoms with van der Waals surface area (Å²) < 4.78 is 13.3. The van der Waals surface area contributed by atoms with E-state index in [1.807, 2.05) is 36.1 Å². The maximum Gasteiger partial charge on any atom is 0.317 e. The van der Waals surface area contributed by atoms with Crippen LogP contribution in [0.15, 0.2) is 48.5 Å². The molecule has 1 spiro atoms. The molecule has 2 aromatic rings. The lowest BCUT2D eigenvalue weighted by atomic mass is 9.86. The average Bonchev–Trinajstić information content (AvgIpc) is 3.23. The maximum atomic E-state index is 13.3. The number of benzene rings is 2. The fourth-order valence-corrected chi connectivity index (χ4v) is 4.17. The van der Waals surface area contributed by atoms with Crippen molar-refractivity contribution in [3.8, 4) is 0 Å². The number of rotatable bonds is 3. The highest BCUT2D eigenvalue weighted by Crippen LogP contribution is 2.41. The average molecular weight is 381 g/mol. The van der Waals surface area contributed by atoms with E-state index in [9.17, 15) is 14.0 Å². The first-order valence-electron chi connectivity index (χ1n) is 9.58. The zero-order valence-corrected chi connectivity index (χ0v) is 16.0. The molecule has 4 rings (SSSR count). The first-order chi connectivity index (χ1) is 13.4. The molecule has 6 heteroatoms. The third kappa shape index (κ3) is 3.72. The Labute approximate surface area is 164 Å². The second-order valence-electron chi connectivity index (χ2n) is 7.95. The van der Waals surface area contributed by atoms with Gasteiger partial charge in [-0.2, -0.15) is 0 Å². The van der Waals surface area contributed by atoms with Crippen molar-refractivity contribution in [1.29, 1.82) is 0 Å². The molecule has 0 radical (unpaired) electrons. The van der Waals surface area contributed by atoms with Crippen LogP contribution >= 0.6 is 0 Å². The summed E-state index contributed by atoms with van der Waals surface area (Å²) in [6.45, 7) is 4.14. The normalized spacial score (nSPS) is 21.6. The second kappa shape index (κ2) is 7.26. The smallest absolute Gasteiger partial charge is 0.317 e. The third-order valence-corrected chi connectivity index (χ3v) is 5.72. The van der Waals surface area contributed by atoms with E-state index in [-0.39, 0.29) is 29.7 Å². The van der Waals surface area contributed by atoms with Gasteiger partial charge < -0.3 is 15.1 Å². The van der Waals surface area contributed by atoms with Gasteiger partial charge in [0.05, 0.1) is 0 Å². The fraction of sp³-hybridized carbons (Fsp3) is 0.364. The lowest BCUT2D eigenvalue weighted by molar-refractivity contribution is -0.117. The Morgan fingerprint density at radius 1 is 1.18 bits per heavy atom. The summed E-state index contributed by atoms with van der Waals surface area (Å²) >= 11 is 0. The van der Waals surface area contributed by atoms with Gasteiger partial charge in [0, 0.05) is 43.7 Å². The molecule has 2 heterocycles. The van der Waals surface area contributed by atoms with E-state index in [4.69, 9.17) is 0 Å². The standard InChI is InChI=1S/C22H24FN3O2/c1-16-5-7-19(8-6-16)26-15-22(12-20(26)27)9-10-25(14-22)21(28)24-13-17-3-2-4-18(23)11-17/h2-8,11H,9-10,12-15H2,1H3,(H,24,28)/t22-/m1/s1. The van der Waals surface area contributed by atoms with Crippen molar-refractivity contribution >= 4 is 17.6 Å². The van der Waals surface area contributed by atoms with Crippen LogP contribution in [-0.4, -0.2) is 36.5 Å². The highest BCUT2D eigenvalue weighted by atomic mass is 19.1. The zero-order valence-electron chi connectivity index (χ0n) is 16.0. The van der Waals surface area contributed by atoms with Crippen LogP contribution in [0.3, 0.4) is 0 Å². The van der Waals surface area contributed by atoms with Crippen LogP contribution < -0.4 is 10.2 Å². The van der Waals surface area contributed by atoms with Crippen LogP contribution in [0.2, 0.25) is 0 Å². The molecule has 1 atom stereocenters. The predicted molar refractivity (Wildman–Crippen MR) is 105 cm³/mol. The highest BCUT2D eigenvalue weighted by Gasteiger charge is 2.48. The zero-order chi connectivity index (χ0) is 19.7. The molecule has 0 saturated carbocycles. The number of nitrogens with one attached hydrogen (secondary N) is 1. The summed E-state index contributed by atoms with van der Waals surface area (Å²) in [5.74, 6) is -0.196. The Bertz CT molecular complexity index is 899. The minimum absolute atomic E-state index is 0.117. The number of halogens is 1. The first kappa shape index (κ1) is 18.5. The van der Waals surface area contributed by atoms with Crippen LogP contribution in [0.4, 0.5) is 14.9 Å². The summed E-state index contributed by atoms with van der Waals surface area (Å²) in [7, 11) is 0. The molecule has 2 saturated heterocycles. The van der Waals surface area contributed by atoms with E-state index in [0.29, 0.717) is 26.1 Å². The van der Waals surface area contributed by atoms with Crippen LogP contribution in [0, 0.1) is 18.2 Å². The molecule has 0 aliphatic carbocycles. The number of urea groups is 1. The van der Waals surface area contributed by atoms with Crippen LogP contribution in [0.25, 0.3) is 0 Å². The van der Waals surface area contributed by atoms with E-state index in [0.717, 1.165) is 23.2 Å². The fourth-order valence-electron chi connectivity index (χ4n) is 4.17. The van der Waals surface area contributed by atoms with Gasteiger partial charge in [-0.3, -0.25) is 4.79 Å². The van der Waals surface area contributed by atoms with Crippen molar-refractivity contribution < 1.29 is 14.0 Å². The van der Waals surface area contributed by atoms with E-state index in [1.165, 1.54) is 12.1 Å². The van der Waals surface area contributed by atoms with Crippen molar-refractivity contribution in [2.45, 2.75) is 26.3 Å². The maximum absolute atomic E-state index is 13.3. The van der Waals surface area contributed by atoms with Gasteiger partial charge >= 0.3 is 6.03 Å². The van der Waals surface area contributed by atoms with Crippen molar-refractivity contribution in [3.63, 3.8) is 0 Å². The summed E-state index contributed by atoms with van der Waals surface area (Å²) in [6.07, 6.45) is 1.28. The highest BCUT2D eigenvalue weighted by molar-refractivity contribution is 5.96. The first-order valence-corrected chi connectivity index (χ1v) is 9.58. The van der Waals surface area contributed by atoms with Gasteiger partial charge in [-0.05, 0) is 43.2 Å². The Hall–Kier alpha value is -2.89. The number of hydrogen-bond donors (Lipinski definition) is 1. The van der Waals surface area contributed by atoms with Crippen LogP contribution in [0.1, 0.15) is 24.0 Å². The molecule has 2 aliphatic rings. The molecular weight excluding hydrogens is 357 g/mol. The molecule has 0 aromatic heterocycles. The van der Waals surface area contributed by atoms with Gasteiger partial charge in [0.1, 0.15) is 5.82 Å². The topological polar surface area (TPSA) is 52.6 Å². The van der Waals surface area contributed by atoms with Gasteiger partial charge in [-0.15, -0.1) is 0 Å². The number of amides is 3. The molecule has 5 nitrogen and oxygen atoms in total. The molecule has 0 bridgehead atoms. The van der Waals surface area contributed by atoms with E-state index < -0.39 is 0 Å². The van der Waals surface area contributed by atoms with E-state index in [2.05, 4.69) is 5.32 Å². The summed E-state index contributed by atoms with van der Waals surface area (Å²) in [6, 6.07) is 14.0. The minimum atomic E-state index is -0.312. The van der Waals surface area contributed by atoms with Crippen molar-refractivity contribution in [2.75, 3.05) is 24.5 Å². The van der Waals surface area contributed by atoms with Gasteiger partial charge in [-0.25, -0.2) is 9.18 Å². The molecule has 1 N–H and O–H groups in total. The van der Waals surface area contributed by atoms with Crippen molar-refractivity contribution in [3.05, 3.63) is 65.5 Å². The van der Waals surface area contributed by atoms with Gasteiger partial charge in [-0.1, -0.05) is 29.8 Å². The number of anilines is 1. The molecule has 3 amide bonds. The van der Waals surface area contributed by atoms with Crippen molar-refractivity contribution in [2.24, 2.45) is 5.41 Å². The number of carbonyl (C=O) groups is 2. The third-order valence-electron chi connectivity index (χ3n) is 5.72. The largest absolute Gasteiger partial charge is 0.334 e. The van der Waals surface area contributed by atoms with Gasteiger partial charge in [0.15, 0.2) is 0 Å². The lowest BCUT2D eigenvalue weighted by Gasteiger charge is -2.24. The monoisotopic (exact) mass is 381 g/mol. The number of nitrogens with zero attached hydrogens (tertiary/aromatic N) is 2. The number of aryl methyl sites for hydroxylation is 1. The Balaban J connectivity index is 1.37. The Morgan fingerprint density at radius 2 is 1.96 bits per heavy atom. The Morgan fingerprint density at radius 3 is 2.71 bits per heavy atom. The summed E-state index contributed by atoms with van der Waals surface area (Å²) in [4.78, 5) is 28.8. The molecular formula is C22H24FN3O2. The van der Waals surface area contributed by atoms with Gasteiger partial charge in [0.25, 0.3) is 0 Å². The van der Waals surface area contributed by atoms with Crippen molar-refractivity contribution in [1.82, 2.24) is 10.2 Å². The molecule has 2 aliphatic heterocycles. The number of carbonyl (C=O) groups excluding carboxylic acids is 2. The second-order valence-corrected chi connectivity index (χ2v) is 7.95. The number of likely N-dealkylation sites (tertiary alicyclic amines) is 1. The summed E-state index contributed by atoms with van der Waals surface area (Å²) in [5, 5.41) is 2.86. The van der Waals surface area contributed by atoms with E-state index in [1.54, 1.807) is 17.0 Å². The van der Waals surface area contributed by atoms with E-state index >= 15 is 0 Å². The minimum Gasteiger partial charge on any atom is -0.334 e. The SMILES string of the molecule is Cc1ccc(N2C[C@]3(CCN(C(=O)NCc4cccc(F)c4)C3)CC2=O)cc1. The molecule has 0 unspecified atom stereocenters. The lowest BCUT2D eigenvalue weighted by Crippen LogP contribution is -2.40. The quantitative estimate of drug-likeness (QED) is 0.885. The number of hydrogen-bond acceptors (Lipinski definition) is 2. The molecule has 146 valence electrons. The predicted octanol–water partition coefficient (Wildman–Crippen LogP) is 3.47. The summed E-state index contributed by atoms with van der Waals surface area (Å²) in [5.41, 5.74) is 2.62.